The van der Waals surface area contributed by atoms with E-state index in [1.807, 2.05) is 0 Å². The van der Waals surface area contributed by atoms with E-state index in [0.29, 0.717) is 11.5 Å². The minimum atomic E-state index is 0.170. The van der Waals surface area contributed by atoms with Crippen LogP contribution in [0.4, 0.5) is 0 Å². The molecule has 0 bridgehead atoms. The van der Waals surface area contributed by atoms with Gasteiger partial charge in [-0.25, -0.2) is 0 Å². The molecule has 0 aliphatic heterocycles. The van der Waals surface area contributed by atoms with Crippen molar-refractivity contribution in [3.05, 3.63) is 12.2 Å². The summed E-state index contributed by atoms with van der Waals surface area (Å²) >= 11 is 0. The topological polar surface area (TPSA) is 3.24 Å². The highest BCUT2D eigenvalue weighted by Crippen LogP contribution is 2.37. The van der Waals surface area contributed by atoms with Gasteiger partial charge >= 0.3 is 0 Å². The van der Waals surface area contributed by atoms with Crippen molar-refractivity contribution < 1.29 is 0 Å². The molecule has 0 aromatic rings. The van der Waals surface area contributed by atoms with E-state index in [4.69, 9.17) is 0 Å². The van der Waals surface area contributed by atoms with Gasteiger partial charge in [0.25, 0.3) is 0 Å². The average Bonchev–Trinajstić information content (AvgIpc) is 1.90. The maximum Gasteiger partial charge on any atom is 0.0166 e. The minimum absolute atomic E-state index is 0.170. The van der Waals surface area contributed by atoms with Gasteiger partial charge in [0.1, 0.15) is 0 Å². The molecule has 0 saturated heterocycles. The van der Waals surface area contributed by atoms with Crippen molar-refractivity contribution in [1.82, 2.24) is 4.90 Å². The van der Waals surface area contributed by atoms with Gasteiger partial charge in [-0.05, 0) is 66.7 Å². The Morgan fingerprint density at radius 2 is 1.42 bits per heavy atom. The second-order valence-corrected chi connectivity index (χ2v) is 9.10. The van der Waals surface area contributed by atoms with Crippen LogP contribution in [-0.2, 0) is 0 Å². The third-order valence-corrected chi connectivity index (χ3v) is 3.42. The molecule has 0 fully saturated rings. The zero-order chi connectivity index (χ0) is 15.6. The van der Waals surface area contributed by atoms with Crippen molar-refractivity contribution in [3.63, 3.8) is 0 Å². The average molecular weight is 268 g/mol. The molecule has 1 atom stereocenters. The van der Waals surface area contributed by atoms with E-state index in [1.54, 1.807) is 0 Å². The van der Waals surface area contributed by atoms with Crippen LogP contribution in [0.1, 0.15) is 82.1 Å². The lowest BCUT2D eigenvalue weighted by Gasteiger charge is -2.52. The highest BCUT2D eigenvalue weighted by atomic mass is 15.3. The van der Waals surface area contributed by atoms with Crippen LogP contribution in [0.5, 0.6) is 0 Å². The molecule has 1 heteroatoms. The van der Waals surface area contributed by atoms with Gasteiger partial charge in [0.2, 0.25) is 0 Å². The van der Waals surface area contributed by atoms with Gasteiger partial charge in [0.05, 0.1) is 0 Å². The maximum absolute atomic E-state index is 4.09. The predicted octanol–water partition coefficient (Wildman–Crippen LogP) is 5.66. The molecule has 0 spiro atoms. The molecule has 0 aliphatic carbocycles. The molecule has 114 valence electrons. The Hall–Kier alpha value is -0.300. The van der Waals surface area contributed by atoms with Crippen LogP contribution < -0.4 is 0 Å². The number of hydrogen-bond donors (Lipinski definition) is 0. The first-order valence-corrected chi connectivity index (χ1v) is 7.61. The molecular formula is C18H37N. The summed E-state index contributed by atoms with van der Waals surface area (Å²) in [5, 5.41) is 0. The smallest absolute Gasteiger partial charge is 0.0166 e. The Morgan fingerprint density at radius 1 is 1.00 bits per heavy atom. The summed E-state index contributed by atoms with van der Waals surface area (Å²) in [6.45, 7) is 27.3. The molecular weight excluding hydrogens is 230 g/mol. The summed E-state index contributed by atoms with van der Waals surface area (Å²) in [6, 6.07) is 0.523. The van der Waals surface area contributed by atoms with Gasteiger partial charge < -0.3 is 0 Å². The van der Waals surface area contributed by atoms with Gasteiger partial charge in [0.15, 0.2) is 0 Å². The van der Waals surface area contributed by atoms with E-state index in [9.17, 15) is 0 Å². The second kappa shape index (κ2) is 5.99. The molecule has 1 nitrogen and oxygen atoms in total. The third kappa shape index (κ3) is 6.61. The van der Waals surface area contributed by atoms with Crippen LogP contribution in [0.15, 0.2) is 12.2 Å². The molecule has 0 heterocycles. The summed E-state index contributed by atoms with van der Waals surface area (Å²) in [7, 11) is 0. The monoisotopic (exact) mass is 267 g/mol. The molecule has 0 radical (unpaired) electrons. The molecule has 19 heavy (non-hydrogen) atoms. The summed E-state index contributed by atoms with van der Waals surface area (Å²) in [5.41, 5.74) is 1.97. The fourth-order valence-electron chi connectivity index (χ4n) is 4.14. The lowest BCUT2D eigenvalue weighted by molar-refractivity contribution is -0.0289. The molecule has 0 saturated carbocycles. The first-order valence-electron chi connectivity index (χ1n) is 7.61. The molecule has 0 aliphatic rings. The van der Waals surface area contributed by atoms with Crippen LogP contribution in [0, 0.1) is 5.41 Å². The molecule has 1 unspecified atom stereocenters. The summed E-state index contributed by atoms with van der Waals surface area (Å²) in [5.74, 6) is 0. The van der Waals surface area contributed by atoms with Crippen molar-refractivity contribution >= 4 is 0 Å². The summed E-state index contributed by atoms with van der Waals surface area (Å²) in [6.07, 6.45) is 2.27. The number of nitrogens with zero attached hydrogens (tertiary/aromatic N) is 1. The Kier molecular flexibility index (Phi) is 5.90. The Labute approximate surface area is 122 Å². The van der Waals surface area contributed by atoms with E-state index in [-0.39, 0.29) is 11.1 Å². The van der Waals surface area contributed by atoms with E-state index in [2.05, 4.69) is 80.7 Å². The van der Waals surface area contributed by atoms with Gasteiger partial charge in [-0.2, -0.15) is 0 Å². The Morgan fingerprint density at radius 3 is 1.68 bits per heavy atom. The van der Waals surface area contributed by atoms with Gasteiger partial charge in [-0.1, -0.05) is 26.3 Å². The highest BCUT2D eigenvalue weighted by molar-refractivity contribution is 5.00. The largest absolute Gasteiger partial charge is 0.290 e. The van der Waals surface area contributed by atoms with Crippen molar-refractivity contribution in [1.29, 1.82) is 0 Å². The highest BCUT2D eigenvalue weighted by Gasteiger charge is 2.40. The summed E-state index contributed by atoms with van der Waals surface area (Å²) in [4.78, 5) is 2.68. The standard InChI is InChI=1S/C18H37N/c1-14(2)12-15(3)19(17(7,8)9)18(10,11)13-16(4,5)6/h15H,1,12-13H2,2-11H3. The maximum atomic E-state index is 4.09. The lowest BCUT2D eigenvalue weighted by Crippen LogP contribution is -2.59. The van der Waals surface area contributed by atoms with E-state index < -0.39 is 0 Å². The quantitative estimate of drug-likeness (QED) is 0.581. The van der Waals surface area contributed by atoms with Crippen LogP contribution in [0.25, 0.3) is 0 Å². The summed E-state index contributed by atoms with van der Waals surface area (Å²) < 4.78 is 0. The van der Waals surface area contributed by atoms with Crippen LogP contribution in [-0.4, -0.2) is 22.0 Å². The normalized spacial score (nSPS) is 15.7. The molecule has 0 rings (SSSR count). The fraction of sp³-hybridized carbons (Fsp3) is 0.889. The SMILES string of the molecule is C=C(C)CC(C)N(C(C)(C)C)C(C)(C)CC(C)(C)C. The number of hydrogen-bond acceptors (Lipinski definition) is 1. The van der Waals surface area contributed by atoms with Gasteiger partial charge in [-0.15, -0.1) is 6.58 Å². The first kappa shape index (κ1) is 18.7. The van der Waals surface area contributed by atoms with Crippen molar-refractivity contribution in [3.8, 4) is 0 Å². The van der Waals surface area contributed by atoms with E-state index >= 15 is 0 Å². The van der Waals surface area contributed by atoms with Crippen LogP contribution in [0.3, 0.4) is 0 Å². The number of rotatable bonds is 5. The fourth-order valence-corrected chi connectivity index (χ4v) is 4.14. The van der Waals surface area contributed by atoms with E-state index in [1.165, 1.54) is 12.0 Å². The zero-order valence-electron chi connectivity index (χ0n) is 15.1. The Bertz CT molecular complexity index is 299. The second-order valence-electron chi connectivity index (χ2n) is 9.10. The van der Waals surface area contributed by atoms with Crippen LogP contribution >= 0.6 is 0 Å². The van der Waals surface area contributed by atoms with Crippen molar-refractivity contribution in [2.75, 3.05) is 0 Å². The predicted molar refractivity (Wildman–Crippen MR) is 88.6 cm³/mol. The molecule has 0 aromatic carbocycles. The Balaban J connectivity index is 5.31. The van der Waals surface area contributed by atoms with Gasteiger partial charge in [0, 0.05) is 17.1 Å². The van der Waals surface area contributed by atoms with E-state index in [0.717, 1.165) is 6.42 Å². The zero-order valence-corrected chi connectivity index (χ0v) is 15.1. The van der Waals surface area contributed by atoms with Crippen molar-refractivity contribution in [2.45, 2.75) is 99.2 Å². The van der Waals surface area contributed by atoms with Crippen molar-refractivity contribution in [2.24, 2.45) is 5.41 Å². The lowest BCUT2D eigenvalue weighted by atomic mass is 9.78. The van der Waals surface area contributed by atoms with Crippen LogP contribution in [0.2, 0.25) is 0 Å². The third-order valence-electron chi connectivity index (χ3n) is 3.42. The molecule has 0 N–H and O–H groups in total. The molecule has 0 aromatic heterocycles. The first-order chi connectivity index (χ1) is 8.17. The van der Waals surface area contributed by atoms with Gasteiger partial charge in [-0.3, -0.25) is 4.90 Å². The minimum Gasteiger partial charge on any atom is -0.290 e. The molecule has 0 amide bonds.